The fraction of sp³-hybridized carbons (Fsp3) is 0.889. The van der Waals surface area contributed by atoms with E-state index in [-0.39, 0.29) is 5.41 Å². The van der Waals surface area contributed by atoms with Crippen molar-refractivity contribution in [1.82, 2.24) is 4.90 Å². The Hall–Kier alpha value is -0.150. The van der Waals surface area contributed by atoms with E-state index in [2.05, 4.69) is 39.6 Å². The Morgan fingerprint density at radius 1 is 1.50 bits per heavy atom. The third-order valence-corrected chi connectivity index (χ3v) is 2.45. The minimum Gasteiger partial charge on any atom is -0.392 e. The maximum Gasteiger partial charge on any atom is 0.0870 e. The van der Waals surface area contributed by atoms with Gasteiger partial charge in [-0.1, -0.05) is 33.0 Å². The molecule has 1 atom stereocenters. The van der Waals surface area contributed by atoms with E-state index in [1.807, 2.05) is 0 Å². The van der Waals surface area contributed by atoms with Gasteiger partial charge in [-0.15, -0.1) is 0 Å². The Kier molecular flexibility index (Phi) is 4.14. The van der Waals surface area contributed by atoms with Gasteiger partial charge in [-0.05, 0) is 19.4 Å². The highest BCUT2D eigenvalue weighted by atomic mass is 32.1. The van der Waals surface area contributed by atoms with Gasteiger partial charge in [-0.2, -0.15) is 0 Å². The van der Waals surface area contributed by atoms with Crippen LogP contribution in [0.3, 0.4) is 0 Å². The first-order chi connectivity index (χ1) is 5.25. The number of likely N-dealkylation sites (N-methyl/N-ethyl adjacent to an activating group) is 1. The number of nitrogens with two attached hydrogens (primary N) is 1. The van der Waals surface area contributed by atoms with E-state index in [0.29, 0.717) is 17.6 Å². The van der Waals surface area contributed by atoms with Gasteiger partial charge in [-0.3, -0.25) is 4.90 Å². The summed E-state index contributed by atoms with van der Waals surface area (Å²) < 4.78 is 0. The zero-order chi connectivity index (χ0) is 9.94. The van der Waals surface area contributed by atoms with Gasteiger partial charge < -0.3 is 5.73 Å². The van der Waals surface area contributed by atoms with Crippen LogP contribution in [0.1, 0.15) is 27.7 Å². The Morgan fingerprint density at radius 3 is 2.17 bits per heavy atom. The fourth-order valence-corrected chi connectivity index (χ4v) is 1.25. The van der Waals surface area contributed by atoms with E-state index < -0.39 is 0 Å². The summed E-state index contributed by atoms with van der Waals surface area (Å²) in [5.74, 6) is 0. The standard InChI is InChI=1S/C9H20N2S/c1-7(9(2,3)4)11(5)6-8(10)12/h7H,6H2,1-5H3,(H2,10,12). The van der Waals surface area contributed by atoms with Crippen LogP contribution in [-0.2, 0) is 0 Å². The summed E-state index contributed by atoms with van der Waals surface area (Å²) in [5, 5.41) is 0. The van der Waals surface area contributed by atoms with E-state index in [4.69, 9.17) is 18.0 Å². The molecule has 3 heteroatoms. The van der Waals surface area contributed by atoms with Crippen molar-refractivity contribution in [2.75, 3.05) is 13.6 Å². The molecule has 0 saturated heterocycles. The molecule has 0 aromatic heterocycles. The summed E-state index contributed by atoms with van der Waals surface area (Å²) >= 11 is 4.85. The van der Waals surface area contributed by atoms with Crippen molar-refractivity contribution in [2.24, 2.45) is 11.1 Å². The fourth-order valence-electron chi connectivity index (χ4n) is 1.04. The van der Waals surface area contributed by atoms with Crippen LogP contribution in [0.2, 0.25) is 0 Å². The van der Waals surface area contributed by atoms with Crippen molar-refractivity contribution < 1.29 is 0 Å². The lowest BCUT2D eigenvalue weighted by Gasteiger charge is -2.35. The average Bonchev–Trinajstić information content (AvgIpc) is 1.82. The van der Waals surface area contributed by atoms with Gasteiger partial charge in [0.2, 0.25) is 0 Å². The summed E-state index contributed by atoms with van der Waals surface area (Å²) in [7, 11) is 2.05. The molecule has 0 aromatic rings. The molecule has 1 unspecified atom stereocenters. The van der Waals surface area contributed by atoms with E-state index in [9.17, 15) is 0 Å². The van der Waals surface area contributed by atoms with Crippen LogP contribution in [0.5, 0.6) is 0 Å². The summed E-state index contributed by atoms with van der Waals surface area (Å²) in [6, 6.07) is 0.485. The average molecular weight is 188 g/mol. The van der Waals surface area contributed by atoms with Gasteiger partial charge in [0.25, 0.3) is 0 Å². The van der Waals surface area contributed by atoms with Crippen LogP contribution in [-0.4, -0.2) is 29.5 Å². The van der Waals surface area contributed by atoms with Crippen LogP contribution in [0.4, 0.5) is 0 Å². The molecule has 0 aromatic carbocycles. The first kappa shape index (κ1) is 11.8. The summed E-state index contributed by atoms with van der Waals surface area (Å²) in [4.78, 5) is 2.75. The van der Waals surface area contributed by atoms with Gasteiger partial charge in [0.15, 0.2) is 0 Å². The Balaban J connectivity index is 4.10. The summed E-state index contributed by atoms with van der Waals surface area (Å²) in [6.07, 6.45) is 0. The highest BCUT2D eigenvalue weighted by molar-refractivity contribution is 7.80. The smallest absolute Gasteiger partial charge is 0.0870 e. The molecule has 2 N–H and O–H groups in total. The minimum absolute atomic E-state index is 0.277. The van der Waals surface area contributed by atoms with E-state index in [1.165, 1.54) is 0 Å². The number of nitrogens with zero attached hydrogens (tertiary/aromatic N) is 1. The van der Waals surface area contributed by atoms with Gasteiger partial charge >= 0.3 is 0 Å². The lowest BCUT2D eigenvalue weighted by molar-refractivity contribution is 0.158. The van der Waals surface area contributed by atoms with Crippen LogP contribution in [0.25, 0.3) is 0 Å². The zero-order valence-corrected chi connectivity index (χ0v) is 9.53. The van der Waals surface area contributed by atoms with Crippen molar-refractivity contribution in [3.05, 3.63) is 0 Å². The van der Waals surface area contributed by atoms with Crippen molar-refractivity contribution >= 4 is 17.2 Å². The van der Waals surface area contributed by atoms with Crippen molar-refractivity contribution in [3.8, 4) is 0 Å². The molecule has 0 aliphatic heterocycles. The third kappa shape index (κ3) is 4.02. The number of hydrogen-bond acceptors (Lipinski definition) is 2. The Morgan fingerprint density at radius 2 is 1.92 bits per heavy atom. The highest BCUT2D eigenvalue weighted by Crippen LogP contribution is 2.22. The maximum atomic E-state index is 5.46. The predicted molar refractivity (Wildman–Crippen MR) is 58.3 cm³/mol. The Labute approximate surface area is 81.1 Å². The molecule has 0 amide bonds. The second kappa shape index (κ2) is 4.19. The maximum absolute atomic E-state index is 5.46. The highest BCUT2D eigenvalue weighted by Gasteiger charge is 2.23. The number of thiocarbonyl (C=S) groups is 1. The molecular weight excluding hydrogens is 168 g/mol. The van der Waals surface area contributed by atoms with Crippen LogP contribution in [0, 0.1) is 5.41 Å². The van der Waals surface area contributed by atoms with Crippen LogP contribution >= 0.6 is 12.2 Å². The van der Waals surface area contributed by atoms with Crippen LogP contribution < -0.4 is 5.73 Å². The molecule has 0 aliphatic carbocycles. The topological polar surface area (TPSA) is 29.3 Å². The molecule has 72 valence electrons. The van der Waals surface area contributed by atoms with Crippen molar-refractivity contribution in [3.63, 3.8) is 0 Å². The second-order valence-corrected chi connectivity index (χ2v) is 4.95. The molecule has 0 spiro atoms. The monoisotopic (exact) mass is 188 g/mol. The SMILES string of the molecule is CC(N(C)CC(N)=S)C(C)(C)C. The first-order valence-corrected chi connectivity index (χ1v) is 4.64. The lowest BCUT2D eigenvalue weighted by atomic mass is 9.87. The van der Waals surface area contributed by atoms with E-state index >= 15 is 0 Å². The van der Waals surface area contributed by atoms with E-state index in [0.717, 1.165) is 0 Å². The molecule has 0 aliphatic rings. The van der Waals surface area contributed by atoms with Crippen LogP contribution in [0.15, 0.2) is 0 Å². The number of rotatable bonds is 3. The molecule has 0 saturated carbocycles. The molecular formula is C9H20N2S. The molecule has 0 rings (SSSR count). The molecule has 12 heavy (non-hydrogen) atoms. The number of hydrogen-bond donors (Lipinski definition) is 1. The van der Waals surface area contributed by atoms with E-state index in [1.54, 1.807) is 0 Å². The predicted octanol–water partition coefficient (Wildman–Crippen LogP) is 1.64. The molecule has 2 nitrogen and oxygen atoms in total. The second-order valence-electron chi connectivity index (χ2n) is 4.42. The normalized spacial score (nSPS) is 14.8. The summed E-state index contributed by atoms with van der Waals surface area (Å²) in [6.45, 7) is 9.54. The molecule has 0 fully saturated rings. The van der Waals surface area contributed by atoms with Gasteiger partial charge in [-0.25, -0.2) is 0 Å². The van der Waals surface area contributed by atoms with Gasteiger partial charge in [0, 0.05) is 12.6 Å². The summed E-state index contributed by atoms with van der Waals surface area (Å²) in [5.41, 5.74) is 5.74. The minimum atomic E-state index is 0.277. The Bertz CT molecular complexity index is 160. The first-order valence-electron chi connectivity index (χ1n) is 4.23. The van der Waals surface area contributed by atoms with Gasteiger partial charge in [0.05, 0.1) is 4.99 Å². The molecule has 0 radical (unpaired) electrons. The quantitative estimate of drug-likeness (QED) is 0.683. The largest absolute Gasteiger partial charge is 0.392 e. The molecule has 0 heterocycles. The molecule has 0 bridgehead atoms. The third-order valence-electron chi connectivity index (χ3n) is 2.32. The van der Waals surface area contributed by atoms with Crippen molar-refractivity contribution in [2.45, 2.75) is 33.7 Å². The van der Waals surface area contributed by atoms with Crippen molar-refractivity contribution in [1.29, 1.82) is 0 Å². The zero-order valence-electron chi connectivity index (χ0n) is 8.72. The van der Waals surface area contributed by atoms with Gasteiger partial charge in [0.1, 0.15) is 0 Å². The lowest BCUT2D eigenvalue weighted by Crippen LogP contribution is -2.43.